The van der Waals surface area contributed by atoms with Gasteiger partial charge in [0.05, 0.1) is 5.92 Å². The number of carboxylic acids is 1. The molecule has 0 aliphatic carbocycles. The SMILES string of the molecule is CC.Nc1ncc(-c2ccc(C(CCSCCC(N)C(=O)O)C(F)(F)F)cc2)cn1. The van der Waals surface area contributed by atoms with Crippen LogP contribution in [0.2, 0.25) is 0 Å². The van der Waals surface area contributed by atoms with Crippen molar-refractivity contribution in [1.29, 1.82) is 0 Å². The first-order chi connectivity index (χ1) is 14.2. The second-order valence-electron chi connectivity index (χ2n) is 6.18. The zero-order valence-corrected chi connectivity index (χ0v) is 17.7. The van der Waals surface area contributed by atoms with Crippen molar-refractivity contribution in [3.8, 4) is 11.1 Å². The third-order valence-corrected chi connectivity index (χ3v) is 5.20. The summed E-state index contributed by atoms with van der Waals surface area (Å²) in [5.41, 5.74) is 12.3. The zero-order chi connectivity index (χ0) is 22.7. The van der Waals surface area contributed by atoms with E-state index in [1.165, 1.54) is 36.3 Å². The summed E-state index contributed by atoms with van der Waals surface area (Å²) in [4.78, 5) is 18.4. The topological polar surface area (TPSA) is 115 Å². The molecule has 2 rings (SSSR count). The van der Waals surface area contributed by atoms with Gasteiger partial charge in [-0.2, -0.15) is 24.9 Å². The van der Waals surface area contributed by atoms with E-state index in [1.54, 1.807) is 12.1 Å². The summed E-state index contributed by atoms with van der Waals surface area (Å²) in [6.07, 6.45) is -1.23. The Hall–Kier alpha value is -2.33. The van der Waals surface area contributed by atoms with E-state index in [9.17, 15) is 18.0 Å². The molecule has 5 N–H and O–H groups in total. The molecule has 10 heteroatoms. The van der Waals surface area contributed by atoms with Crippen molar-refractivity contribution in [2.24, 2.45) is 5.73 Å². The number of nitrogens with two attached hydrogens (primary N) is 2. The van der Waals surface area contributed by atoms with Crippen LogP contribution >= 0.6 is 11.8 Å². The summed E-state index contributed by atoms with van der Waals surface area (Å²) in [5.74, 6) is -1.93. The van der Waals surface area contributed by atoms with E-state index in [4.69, 9.17) is 16.6 Å². The lowest BCUT2D eigenvalue weighted by atomic mass is 9.94. The highest BCUT2D eigenvalue weighted by Crippen LogP contribution is 2.38. The maximum absolute atomic E-state index is 13.5. The van der Waals surface area contributed by atoms with E-state index < -0.39 is 24.1 Å². The number of benzene rings is 1. The number of alkyl halides is 3. The van der Waals surface area contributed by atoms with E-state index in [2.05, 4.69) is 9.97 Å². The summed E-state index contributed by atoms with van der Waals surface area (Å²) < 4.78 is 40.4. The Labute approximate surface area is 178 Å². The third-order valence-electron chi connectivity index (χ3n) is 4.15. The van der Waals surface area contributed by atoms with Crippen molar-refractivity contribution < 1.29 is 23.1 Å². The number of rotatable bonds is 9. The molecule has 1 aromatic heterocycles. The van der Waals surface area contributed by atoms with Gasteiger partial charge in [0.25, 0.3) is 0 Å². The standard InChI is InChI=1S/C18H21F3N4O2S.C2H6/c19-18(20,21)14(5-7-28-8-6-15(22)16(26)27)12-3-1-11(2-4-12)13-9-24-17(23)25-10-13;1-2/h1-4,9-10,14-15H,5-8,22H2,(H,26,27)(H2,23,24,25);1-2H3. The smallest absolute Gasteiger partial charge is 0.395 e. The summed E-state index contributed by atoms with van der Waals surface area (Å²) >= 11 is 1.27. The fourth-order valence-electron chi connectivity index (χ4n) is 2.55. The molecular formula is C20H27F3N4O2S. The van der Waals surface area contributed by atoms with Crippen molar-refractivity contribution >= 4 is 23.7 Å². The van der Waals surface area contributed by atoms with Crippen molar-refractivity contribution in [3.63, 3.8) is 0 Å². The summed E-state index contributed by atoms with van der Waals surface area (Å²) in [6.45, 7) is 4.00. The first kappa shape index (κ1) is 25.7. The second-order valence-corrected chi connectivity index (χ2v) is 7.41. The minimum absolute atomic E-state index is 0.0964. The number of carboxylic acid groups (broad SMARTS) is 1. The Bertz CT molecular complexity index is 771. The Kier molecular flexibility index (Phi) is 10.6. The van der Waals surface area contributed by atoms with Gasteiger partial charge in [-0.25, -0.2) is 9.97 Å². The van der Waals surface area contributed by atoms with Gasteiger partial charge < -0.3 is 16.6 Å². The number of halogens is 3. The number of thioether (sulfide) groups is 1. The number of aromatic nitrogens is 2. The largest absolute Gasteiger partial charge is 0.480 e. The molecule has 0 amide bonds. The van der Waals surface area contributed by atoms with E-state index in [0.717, 1.165) is 0 Å². The quantitative estimate of drug-likeness (QED) is 0.493. The van der Waals surface area contributed by atoms with Crippen LogP contribution in [0.5, 0.6) is 0 Å². The Morgan fingerprint density at radius 3 is 2.10 bits per heavy atom. The normalized spacial score (nSPS) is 13.1. The number of hydrogen-bond acceptors (Lipinski definition) is 6. The summed E-state index contributed by atoms with van der Waals surface area (Å²) in [6, 6.07) is 5.11. The molecule has 0 saturated carbocycles. The van der Waals surface area contributed by atoms with Crippen LogP contribution in [0, 0.1) is 0 Å². The number of nitrogens with zero attached hydrogens (tertiary/aromatic N) is 2. The molecule has 2 unspecified atom stereocenters. The van der Waals surface area contributed by atoms with Gasteiger partial charge in [-0.3, -0.25) is 4.79 Å². The van der Waals surface area contributed by atoms with Gasteiger partial charge in [-0.15, -0.1) is 0 Å². The molecule has 0 bridgehead atoms. The minimum atomic E-state index is -4.37. The van der Waals surface area contributed by atoms with Gasteiger partial charge in [0.15, 0.2) is 0 Å². The van der Waals surface area contributed by atoms with Crippen LogP contribution in [-0.4, -0.2) is 44.8 Å². The molecule has 0 fully saturated rings. The van der Waals surface area contributed by atoms with Crippen LogP contribution in [0.3, 0.4) is 0 Å². The Balaban J connectivity index is 0.00000218. The van der Waals surface area contributed by atoms with Crippen LogP contribution in [0.25, 0.3) is 11.1 Å². The molecule has 1 heterocycles. The average Bonchev–Trinajstić information content (AvgIpc) is 2.72. The molecule has 6 nitrogen and oxygen atoms in total. The first-order valence-corrected chi connectivity index (χ1v) is 10.6. The van der Waals surface area contributed by atoms with Crippen LogP contribution < -0.4 is 11.5 Å². The maximum Gasteiger partial charge on any atom is 0.395 e. The number of carbonyl (C=O) groups is 1. The molecule has 0 aliphatic heterocycles. The Morgan fingerprint density at radius 1 is 1.07 bits per heavy atom. The lowest BCUT2D eigenvalue weighted by molar-refractivity contribution is -0.150. The fourth-order valence-corrected chi connectivity index (χ4v) is 3.58. The van der Waals surface area contributed by atoms with E-state index >= 15 is 0 Å². The van der Waals surface area contributed by atoms with Crippen molar-refractivity contribution in [1.82, 2.24) is 9.97 Å². The van der Waals surface area contributed by atoms with Gasteiger partial charge in [-0.1, -0.05) is 38.1 Å². The molecule has 0 aliphatic rings. The lowest BCUT2D eigenvalue weighted by Crippen LogP contribution is -2.30. The number of hydrogen-bond donors (Lipinski definition) is 3. The highest BCUT2D eigenvalue weighted by Gasteiger charge is 2.40. The van der Waals surface area contributed by atoms with Crippen molar-refractivity contribution in [2.45, 2.75) is 44.8 Å². The lowest BCUT2D eigenvalue weighted by Gasteiger charge is -2.21. The minimum Gasteiger partial charge on any atom is -0.480 e. The highest BCUT2D eigenvalue weighted by atomic mass is 32.2. The van der Waals surface area contributed by atoms with E-state index in [0.29, 0.717) is 16.9 Å². The van der Waals surface area contributed by atoms with Gasteiger partial charge in [0.1, 0.15) is 6.04 Å². The average molecular weight is 445 g/mol. The molecule has 166 valence electrons. The number of anilines is 1. The monoisotopic (exact) mass is 444 g/mol. The summed E-state index contributed by atoms with van der Waals surface area (Å²) in [7, 11) is 0. The number of aliphatic carboxylic acids is 1. The molecule has 0 spiro atoms. The molecule has 1 aromatic carbocycles. The van der Waals surface area contributed by atoms with Crippen molar-refractivity contribution in [3.05, 3.63) is 42.2 Å². The van der Waals surface area contributed by atoms with Crippen LogP contribution in [0.4, 0.5) is 19.1 Å². The molecule has 2 atom stereocenters. The first-order valence-electron chi connectivity index (χ1n) is 9.49. The molecular weight excluding hydrogens is 417 g/mol. The zero-order valence-electron chi connectivity index (χ0n) is 16.9. The number of nitrogen functional groups attached to an aromatic ring is 1. The van der Waals surface area contributed by atoms with Gasteiger partial charge in [-0.05, 0) is 35.5 Å². The van der Waals surface area contributed by atoms with E-state index in [-0.39, 0.29) is 30.1 Å². The van der Waals surface area contributed by atoms with Crippen LogP contribution in [-0.2, 0) is 4.79 Å². The fraction of sp³-hybridized carbons (Fsp3) is 0.450. The van der Waals surface area contributed by atoms with Crippen LogP contribution in [0.1, 0.15) is 38.2 Å². The molecule has 2 aromatic rings. The predicted molar refractivity (Wildman–Crippen MR) is 114 cm³/mol. The van der Waals surface area contributed by atoms with Gasteiger partial charge >= 0.3 is 12.1 Å². The Morgan fingerprint density at radius 2 is 1.60 bits per heavy atom. The van der Waals surface area contributed by atoms with Crippen molar-refractivity contribution in [2.75, 3.05) is 17.2 Å². The molecule has 0 saturated heterocycles. The molecule has 0 radical (unpaired) electrons. The van der Waals surface area contributed by atoms with Gasteiger partial charge in [0, 0.05) is 18.0 Å². The predicted octanol–water partition coefficient (Wildman–Crippen LogP) is 4.32. The van der Waals surface area contributed by atoms with Gasteiger partial charge in [0.2, 0.25) is 5.95 Å². The third kappa shape index (κ3) is 8.19. The summed E-state index contributed by atoms with van der Waals surface area (Å²) in [5, 5.41) is 8.70. The van der Waals surface area contributed by atoms with Crippen LogP contribution in [0.15, 0.2) is 36.7 Å². The highest BCUT2D eigenvalue weighted by molar-refractivity contribution is 7.99. The maximum atomic E-state index is 13.5. The molecule has 30 heavy (non-hydrogen) atoms. The van der Waals surface area contributed by atoms with E-state index in [1.807, 2.05) is 13.8 Å². The second kappa shape index (κ2) is 12.4.